The first-order valence-electron chi connectivity index (χ1n) is 7.48. The number of rotatable bonds is 4. The third-order valence-electron chi connectivity index (χ3n) is 3.93. The number of esters is 1. The minimum absolute atomic E-state index is 0.171. The summed E-state index contributed by atoms with van der Waals surface area (Å²) < 4.78 is 42.6. The van der Waals surface area contributed by atoms with Gasteiger partial charge in [-0.15, -0.1) is 0 Å². The molecule has 3 nitrogen and oxygen atoms in total. The van der Waals surface area contributed by atoms with Crippen molar-refractivity contribution in [2.24, 2.45) is 5.92 Å². The van der Waals surface area contributed by atoms with Gasteiger partial charge in [-0.25, -0.2) is 0 Å². The van der Waals surface area contributed by atoms with E-state index in [-0.39, 0.29) is 5.97 Å². The highest BCUT2D eigenvalue weighted by Gasteiger charge is 2.30. The Hall–Kier alpha value is -1.72. The van der Waals surface area contributed by atoms with Crippen LogP contribution in [-0.2, 0) is 15.7 Å². The molecule has 0 spiro atoms. The number of hydrogen-bond donors (Lipinski definition) is 0. The SMILES string of the molecule is CCOC(=O)CC1CCN(c2ccc(C(F)(F)F)cc2)CC1. The van der Waals surface area contributed by atoms with Gasteiger partial charge in [-0.2, -0.15) is 13.2 Å². The Morgan fingerprint density at radius 2 is 1.82 bits per heavy atom. The lowest BCUT2D eigenvalue weighted by Crippen LogP contribution is -2.34. The van der Waals surface area contributed by atoms with E-state index in [2.05, 4.69) is 4.90 Å². The van der Waals surface area contributed by atoms with Gasteiger partial charge in [-0.1, -0.05) is 0 Å². The van der Waals surface area contributed by atoms with Crippen LogP contribution < -0.4 is 4.90 Å². The van der Waals surface area contributed by atoms with Gasteiger partial charge in [0, 0.05) is 25.2 Å². The molecule has 122 valence electrons. The molecule has 1 aromatic carbocycles. The minimum Gasteiger partial charge on any atom is -0.466 e. The molecule has 1 aliphatic rings. The van der Waals surface area contributed by atoms with Crippen molar-refractivity contribution < 1.29 is 22.7 Å². The van der Waals surface area contributed by atoms with E-state index in [4.69, 9.17) is 4.74 Å². The molecule has 1 fully saturated rings. The molecule has 1 saturated heterocycles. The van der Waals surface area contributed by atoms with Crippen LogP contribution in [0.4, 0.5) is 18.9 Å². The minimum atomic E-state index is -4.30. The first-order chi connectivity index (χ1) is 10.4. The van der Waals surface area contributed by atoms with Gasteiger partial charge in [0.2, 0.25) is 0 Å². The second-order valence-electron chi connectivity index (χ2n) is 5.48. The highest BCUT2D eigenvalue weighted by Crippen LogP contribution is 2.31. The molecule has 0 aliphatic carbocycles. The van der Waals surface area contributed by atoms with Crippen molar-refractivity contribution in [2.45, 2.75) is 32.4 Å². The van der Waals surface area contributed by atoms with Crippen LogP contribution in [0.2, 0.25) is 0 Å². The smallest absolute Gasteiger partial charge is 0.416 e. The molecule has 2 rings (SSSR count). The van der Waals surface area contributed by atoms with Gasteiger partial charge in [0.15, 0.2) is 0 Å². The number of carbonyl (C=O) groups is 1. The van der Waals surface area contributed by atoms with Crippen molar-refractivity contribution in [2.75, 3.05) is 24.6 Å². The number of anilines is 1. The molecule has 0 amide bonds. The van der Waals surface area contributed by atoms with E-state index in [0.717, 1.165) is 43.8 Å². The van der Waals surface area contributed by atoms with E-state index in [1.165, 1.54) is 12.1 Å². The second-order valence-corrected chi connectivity index (χ2v) is 5.48. The molecule has 0 atom stereocenters. The van der Waals surface area contributed by atoms with Crippen LogP contribution >= 0.6 is 0 Å². The van der Waals surface area contributed by atoms with E-state index >= 15 is 0 Å². The van der Waals surface area contributed by atoms with Crippen LogP contribution in [0.1, 0.15) is 31.7 Å². The van der Waals surface area contributed by atoms with E-state index in [9.17, 15) is 18.0 Å². The zero-order valence-corrected chi connectivity index (χ0v) is 12.5. The van der Waals surface area contributed by atoms with Crippen LogP contribution in [0.25, 0.3) is 0 Å². The van der Waals surface area contributed by atoms with Crippen molar-refractivity contribution in [3.8, 4) is 0 Å². The molecule has 0 unspecified atom stereocenters. The van der Waals surface area contributed by atoms with Crippen LogP contribution in [0.15, 0.2) is 24.3 Å². The Balaban J connectivity index is 1.88. The summed E-state index contributed by atoms with van der Waals surface area (Å²) in [6.45, 7) is 3.67. The molecular weight excluding hydrogens is 295 g/mol. The lowest BCUT2D eigenvalue weighted by Gasteiger charge is -2.33. The van der Waals surface area contributed by atoms with Gasteiger partial charge in [0.25, 0.3) is 0 Å². The summed E-state index contributed by atoms with van der Waals surface area (Å²) in [5.41, 5.74) is 0.163. The molecule has 0 bridgehead atoms. The number of nitrogens with zero attached hydrogens (tertiary/aromatic N) is 1. The third-order valence-corrected chi connectivity index (χ3v) is 3.93. The van der Waals surface area contributed by atoms with E-state index < -0.39 is 11.7 Å². The van der Waals surface area contributed by atoms with Gasteiger partial charge in [0.05, 0.1) is 12.2 Å². The largest absolute Gasteiger partial charge is 0.466 e. The summed E-state index contributed by atoms with van der Waals surface area (Å²) in [7, 11) is 0. The van der Waals surface area contributed by atoms with Gasteiger partial charge < -0.3 is 9.64 Å². The van der Waals surface area contributed by atoms with Gasteiger partial charge in [-0.3, -0.25) is 4.79 Å². The monoisotopic (exact) mass is 315 g/mol. The van der Waals surface area contributed by atoms with Gasteiger partial charge in [0.1, 0.15) is 0 Å². The Labute approximate surface area is 128 Å². The maximum absolute atomic E-state index is 12.5. The lowest BCUT2D eigenvalue weighted by molar-refractivity contribution is -0.144. The van der Waals surface area contributed by atoms with Gasteiger partial charge in [-0.05, 0) is 49.9 Å². The standard InChI is InChI=1S/C16H20F3NO2/c1-2-22-15(21)11-12-7-9-20(10-8-12)14-5-3-13(4-6-14)16(17,18)19/h3-6,12H,2,7-11H2,1H3. The Bertz CT molecular complexity index is 491. The average Bonchev–Trinajstić information content (AvgIpc) is 2.47. The summed E-state index contributed by atoms with van der Waals surface area (Å²) in [4.78, 5) is 13.5. The van der Waals surface area contributed by atoms with Crippen molar-refractivity contribution in [1.82, 2.24) is 0 Å². The number of piperidine rings is 1. The number of carbonyl (C=O) groups excluding carboxylic acids is 1. The van der Waals surface area contributed by atoms with Crippen molar-refractivity contribution in [3.63, 3.8) is 0 Å². The van der Waals surface area contributed by atoms with E-state index in [1.807, 2.05) is 0 Å². The fourth-order valence-electron chi connectivity index (χ4n) is 2.71. The average molecular weight is 315 g/mol. The molecule has 1 aliphatic heterocycles. The molecule has 1 aromatic rings. The highest BCUT2D eigenvalue weighted by atomic mass is 19.4. The maximum Gasteiger partial charge on any atom is 0.416 e. The van der Waals surface area contributed by atoms with Crippen LogP contribution in [0, 0.1) is 5.92 Å². The molecule has 1 heterocycles. The second kappa shape index (κ2) is 7.03. The molecule has 0 N–H and O–H groups in total. The topological polar surface area (TPSA) is 29.5 Å². The van der Waals surface area contributed by atoms with Crippen molar-refractivity contribution in [3.05, 3.63) is 29.8 Å². The van der Waals surface area contributed by atoms with Crippen LogP contribution in [-0.4, -0.2) is 25.7 Å². The van der Waals surface area contributed by atoms with Crippen LogP contribution in [0.5, 0.6) is 0 Å². The lowest BCUT2D eigenvalue weighted by atomic mass is 9.93. The summed E-state index contributed by atoms with van der Waals surface area (Å²) in [6.07, 6.45) is -2.18. The number of benzene rings is 1. The summed E-state index contributed by atoms with van der Waals surface area (Å²) >= 11 is 0. The first kappa shape index (κ1) is 16.6. The Morgan fingerprint density at radius 3 is 2.32 bits per heavy atom. The maximum atomic E-state index is 12.5. The number of ether oxygens (including phenoxy) is 1. The predicted octanol–water partition coefficient (Wildman–Crippen LogP) is 3.88. The number of hydrogen-bond acceptors (Lipinski definition) is 3. The van der Waals surface area contributed by atoms with E-state index in [1.54, 1.807) is 6.92 Å². The Kier molecular flexibility index (Phi) is 5.32. The van der Waals surface area contributed by atoms with Gasteiger partial charge >= 0.3 is 12.1 Å². The fraction of sp³-hybridized carbons (Fsp3) is 0.562. The zero-order chi connectivity index (χ0) is 16.2. The molecule has 0 saturated carbocycles. The van der Waals surface area contributed by atoms with E-state index in [0.29, 0.717) is 18.9 Å². The first-order valence-corrected chi connectivity index (χ1v) is 7.48. The summed E-state index contributed by atoms with van der Waals surface area (Å²) in [5, 5.41) is 0. The van der Waals surface area contributed by atoms with Crippen molar-refractivity contribution in [1.29, 1.82) is 0 Å². The summed E-state index contributed by atoms with van der Waals surface area (Å²) in [5.74, 6) is 0.125. The molecule has 6 heteroatoms. The van der Waals surface area contributed by atoms with Crippen molar-refractivity contribution >= 4 is 11.7 Å². The third kappa shape index (κ3) is 4.39. The fourth-order valence-corrected chi connectivity index (χ4v) is 2.71. The molecule has 0 radical (unpaired) electrons. The summed E-state index contributed by atoms with van der Waals surface area (Å²) in [6, 6.07) is 5.24. The highest BCUT2D eigenvalue weighted by molar-refractivity contribution is 5.69. The molecular formula is C16H20F3NO2. The normalized spacial score (nSPS) is 16.6. The molecule has 0 aromatic heterocycles. The zero-order valence-electron chi connectivity index (χ0n) is 12.5. The molecule has 22 heavy (non-hydrogen) atoms. The number of halogens is 3. The quantitative estimate of drug-likeness (QED) is 0.790. The predicted molar refractivity (Wildman–Crippen MR) is 77.6 cm³/mol. The Morgan fingerprint density at radius 1 is 1.23 bits per heavy atom. The van der Waals surface area contributed by atoms with Crippen LogP contribution in [0.3, 0.4) is 0 Å². The number of alkyl halides is 3.